The van der Waals surface area contributed by atoms with Crippen LogP contribution in [0.25, 0.3) is 10.8 Å². The summed E-state index contributed by atoms with van der Waals surface area (Å²) in [7, 11) is 1.62. The molecule has 0 radical (unpaired) electrons. The topological polar surface area (TPSA) is 29.5 Å². The fourth-order valence-corrected chi connectivity index (χ4v) is 2.73. The SMILES string of the molecule is COCCN(CCCl)C(=O)c1ccc2cc(Br)ccc2c1. The summed E-state index contributed by atoms with van der Waals surface area (Å²) in [5, 5.41) is 2.14. The van der Waals surface area contributed by atoms with Crippen LogP contribution < -0.4 is 0 Å². The Labute approximate surface area is 138 Å². The molecule has 0 aliphatic carbocycles. The van der Waals surface area contributed by atoms with E-state index in [1.54, 1.807) is 12.0 Å². The van der Waals surface area contributed by atoms with Gasteiger partial charge >= 0.3 is 0 Å². The average Bonchev–Trinajstić information content (AvgIpc) is 2.50. The quantitative estimate of drug-likeness (QED) is 0.721. The van der Waals surface area contributed by atoms with Gasteiger partial charge in [0.05, 0.1) is 6.61 Å². The number of hydrogen-bond donors (Lipinski definition) is 0. The van der Waals surface area contributed by atoms with E-state index in [1.807, 2.05) is 36.4 Å². The first-order valence-electron chi connectivity index (χ1n) is 6.69. The smallest absolute Gasteiger partial charge is 0.253 e. The van der Waals surface area contributed by atoms with Gasteiger partial charge in [-0.15, -0.1) is 11.6 Å². The number of benzene rings is 2. The van der Waals surface area contributed by atoms with Crippen molar-refractivity contribution in [2.24, 2.45) is 0 Å². The molecule has 5 heteroatoms. The Morgan fingerprint density at radius 2 is 1.90 bits per heavy atom. The van der Waals surface area contributed by atoms with Crippen molar-refractivity contribution < 1.29 is 9.53 Å². The monoisotopic (exact) mass is 369 g/mol. The van der Waals surface area contributed by atoms with Gasteiger partial charge in [-0.1, -0.05) is 28.1 Å². The summed E-state index contributed by atoms with van der Waals surface area (Å²) < 4.78 is 6.07. The van der Waals surface area contributed by atoms with Crippen LogP contribution in [0.5, 0.6) is 0 Å². The van der Waals surface area contributed by atoms with Gasteiger partial charge in [-0.25, -0.2) is 0 Å². The molecule has 0 atom stereocenters. The van der Waals surface area contributed by atoms with E-state index in [0.717, 1.165) is 15.2 Å². The van der Waals surface area contributed by atoms with Crippen LogP contribution >= 0.6 is 27.5 Å². The van der Waals surface area contributed by atoms with Crippen LogP contribution in [0.3, 0.4) is 0 Å². The van der Waals surface area contributed by atoms with E-state index in [0.29, 0.717) is 31.1 Å². The van der Waals surface area contributed by atoms with Crippen molar-refractivity contribution in [3.63, 3.8) is 0 Å². The summed E-state index contributed by atoms with van der Waals surface area (Å²) in [5.74, 6) is 0.396. The number of carbonyl (C=O) groups is 1. The molecule has 0 spiro atoms. The molecule has 2 aromatic carbocycles. The summed E-state index contributed by atoms with van der Waals surface area (Å²) >= 11 is 9.23. The number of alkyl halides is 1. The van der Waals surface area contributed by atoms with Gasteiger partial charge in [-0.2, -0.15) is 0 Å². The van der Waals surface area contributed by atoms with Crippen molar-refractivity contribution in [3.8, 4) is 0 Å². The lowest BCUT2D eigenvalue weighted by atomic mass is 10.1. The predicted molar refractivity (Wildman–Crippen MR) is 90.1 cm³/mol. The number of halogens is 2. The van der Waals surface area contributed by atoms with Crippen molar-refractivity contribution in [2.75, 3.05) is 32.7 Å². The predicted octanol–water partition coefficient (Wildman–Crippen LogP) is 3.93. The Hall–Kier alpha value is -1.10. The lowest BCUT2D eigenvalue weighted by Crippen LogP contribution is -2.35. The van der Waals surface area contributed by atoms with Crippen LogP contribution in [-0.4, -0.2) is 43.5 Å². The van der Waals surface area contributed by atoms with Crippen molar-refractivity contribution in [1.82, 2.24) is 4.90 Å². The highest BCUT2D eigenvalue weighted by Gasteiger charge is 2.15. The minimum atomic E-state index is -0.0162. The largest absolute Gasteiger partial charge is 0.383 e. The molecule has 0 aromatic heterocycles. The van der Waals surface area contributed by atoms with E-state index in [9.17, 15) is 4.79 Å². The molecule has 3 nitrogen and oxygen atoms in total. The van der Waals surface area contributed by atoms with Gasteiger partial charge in [0.15, 0.2) is 0 Å². The van der Waals surface area contributed by atoms with Gasteiger partial charge < -0.3 is 9.64 Å². The number of ether oxygens (including phenoxy) is 1. The third-order valence-electron chi connectivity index (χ3n) is 3.26. The highest BCUT2D eigenvalue weighted by atomic mass is 79.9. The number of fused-ring (bicyclic) bond motifs is 1. The summed E-state index contributed by atoms with van der Waals surface area (Å²) in [6.45, 7) is 1.56. The molecule has 0 N–H and O–H groups in total. The normalized spacial score (nSPS) is 10.8. The third kappa shape index (κ3) is 4.19. The first-order chi connectivity index (χ1) is 10.2. The fourth-order valence-electron chi connectivity index (χ4n) is 2.15. The van der Waals surface area contributed by atoms with Crippen LogP contribution in [0.1, 0.15) is 10.4 Å². The molecule has 0 aliphatic rings. The van der Waals surface area contributed by atoms with Crippen molar-refractivity contribution in [1.29, 1.82) is 0 Å². The van der Waals surface area contributed by atoms with E-state index in [4.69, 9.17) is 16.3 Å². The second-order valence-corrected chi connectivity index (χ2v) is 5.97. The number of hydrogen-bond acceptors (Lipinski definition) is 2. The highest BCUT2D eigenvalue weighted by Crippen LogP contribution is 2.21. The molecule has 2 rings (SSSR count). The molecule has 1 amide bonds. The van der Waals surface area contributed by atoms with Crippen molar-refractivity contribution in [2.45, 2.75) is 0 Å². The molecule has 21 heavy (non-hydrogen) atoms. The third-order valence-corrected chi connectivity index (χ3v) is 3.92. The van der Waals surface area contributed by atoms with Gasteiger partial charge in [0.1, 0.15) is 0 Å². The van der Waals surface area contributed by atoms with E-state index in [1.165, 1.54) is 0 Å². The lowest BCUT2D eigenvalue weighted by molar-refractivity contribution is 0.0708. The minimum absolute atomic E-state index is 0.0162. The first kappa shape index (κ1) is 16.3. The second-order valence-electron chi connectivity index (χ2n) is 4.68. The lowest BCUT2D eigenvalue weighted by Gasteiger charge is -2.21. The zero-order chi connectivity index (χ0) is 15.2. The zero-order valence-corrected chi connectivity index (χ0v) is 14.2. The maximum Gasteiger partial charge on any atom is 0.253 e. The van der Waals surface area contributed by atoms with Crippen molar-refractivity contribution in [3.05, 3.63) is 46.4 Å². The number of amides is 1. The molecular formula is C16H17BrClNO2. The summed E-state index contributed by atoms with van der Waals surface area (Å²) in [6, 6.07) is 11.7. The maximum atomic E-state index is 12.6. The van der Waals surface area contributed by atoms with E-state index in [-0.39, 0.29) is 5.91 Å². The Kier molecular flexibility index (Phi) is 6.03. The minimum Gasteiger partial charge on any atom is -0.383 e. The van der Waals surface area contributed by atoms with E-state index < -0.39 is 0 Å². The van der Waals surface area contributed by atoms with Crippen LogP contribution in [0.15, 0.2) is 40.9 Å². The Morgan fingerprint density at radius 3 is 2.62 bits per heavy atom. The van der Waals surface area contributed by atoms with Gasteiger partial charge in [0, 0.05) is 36.1 Å². The number of methoxy groups -OCH3 is 1. The maximum absolute atomic E-state index is 12.6. The van der Waals surface area contributed by atoms with Gasteiger partial charge in [-0.3, -0.25) is 4.79 Å². The molecule has 0 aliphatic heterocycles. The van der Waals surface area contributed by atoms with Crippen molar-refractivity contribution >= 4 is 44.2 Å². The molecular weight excluding hydrogens is 354 g/mol. The molecule has 0 fully saturated rings. The highest BCUT2D eigenvalue weighted by molar-refractivity contribution is 9.10. The zero-order valence-electron chi connectivity index (χ0n) is 11.8. The molecule has 0 unspecified atom stereocenters. The first-order valence-corrected chi connectivity index (χ1v) is 8.02. The number of carbonyl (C=O) groups excluding carboxylic acids is 1. The summed E-state index contributed by atoms with van der Waals surface area (Å²) in [4.78, 5) is 14.3. The van der Waals surface area contributed by atoms with Gasteiger partial charge in [0.25, 0.3) is 5.91 Å². The number of nitrogens with zero attached hydrogens (tertiary/aromatic N) is 1. The van der Waals surface area contributed by atoms with Gasteiger partial charge in [-0.05, 0) is 35.0 Å². The Morgan fingerprint density at radius 1 is 1.19 bits per heavy atom. The van der Waals surface area contributed by atoms with Crippen LogP contribution in [0, 0.1) is 0 Å². The van der Waals surface area contributed by atoms with E-state index >= 15 is 0 Å². The standard InChI is InChI=1S/C16H17BrClNO2/c1-21-9-8-19(7-6-18)16(20)14-3-2-13-11-15(17)5-4-12(13)10-14/h2-5,10-11H,6-9H2,1H3. The molecule has 0 heterocycles. The Bertz CT molecular complexity index is 633. The molecule has 2 aromatic rings. The summed E-state index contributed by atoms with van der Waals surface area (Å²) in [5.41, 5.74) is 0.672. The summed E-state index contributed by atoms with van der Waals surface area (Å²) in [6.07, 6.45) is 0. The van der Waals surface area contributed by atoms with Crippen LogP contribution in [-0.2, 0) is 4.74 Å². The molecule has 112 valence electrons. The molecule has 0 saturated heterocycles. The van der Waals surface area contributed by atoms with Gasteiger partial charge in [0.2, 0.25) is 0 Å². The fraction of sp³-hybridized carbons (Fsp3) is 0.312. The molecule has 0 bridgehead atoms. The van der Waals surface area contributed by atoms with E-state index in [2.05, 4.69) is 15.9 Å². The van der Waals surface area contributed by atoms with Crippen LogP contribution in [0.4, 0.5) is 0 Å². The number of rotatable bonds is 6. The van der Waals surface area contributed by atoms with Crippen LogP contribution in [0.2, 0.25) is 0 Å². The Balaban J connectivity index is 2.26. The average molecular weight is 371 g/mol. The molecule has 0 saturated carbocycles. The second kappa shape index (κ2) is 7.78.